The maximum Gasteiger partial charge on any atom is 0.156 e. The number of ether oxygens (including phenoxy) is 1. The largest absolute Gasteiger partial charge is 0.474 e. The topological polar surface area (TPSA) is 49.7 Å². The van der Waals surface area contributed by atoms with E-state index < -0.39 is 5.79 Å². The van der Waals surface area contributed by atoms with Gasteiger partial charge in [0, 0.05) is 0 Å². The first-order chi connectivity index (χ1) is 4.41. The minimum absolute atomic E-state index is 1.30. The molecule has 10 heavy (non-hydrogen) atoms. The van der Waals surface area contributed by atoms with E-state index in [1.807, 2.05) is 0 Å². The molecule has 0 heterocycles. The Bertz CT molecular complexity index is 79.5. The molecule has 0 aliphatic rings. The van der Waals surface area contributed by atoms with Crippen molar-refractivity contribution in [3.8, 4) is 0 Å². The van der Waals surface area contributed by atoms with Crippen LogP contribution in [0.25, 0.3) is 0 Å². The van der Waals surface area contributed by atoms with E-state index in [-0.39, 0.29) is 0 Å². The van der Waals surface area contributed by atoms with Crippen LogP contribution in [0, 0.1) is 0 Å². The first kappa shape index (κ1) is 11.9. The number of hydrogen-bond acceptors (Lipinski definition) is 3. The van der Waals surface area contributed by atoms with Crippen molar-refractivity contribution in [2.24, 2.45) is 0 Å². The average molecular weight is 146 g/mol. The predicted octanol–water partition coefficient (Wildman–Crippen LogP) is 0.997. The van der Waals surface area contributed by atoms with Crippen LogP contribution in [0.1, 0.15) is 13.8 Å². The Labute approximate surface area is 61.3 Å². The summed E-state index contributed by atoms with van der Waals surface area (Å²) in [5.74, 6) is -1.50. The SMILES string of the molecule is C=COC=C.CC(C)(O)O. The fraction of sp³-hybridized carbons (Fsp3) is 0.429. The third kappa shape index (κ3) is 192. The molecule has 0 aliphatic heterocycles. The summed E-state index contributed by atoms with van der Waals surface area (Å²) < 4.78 is 4.36. The van der Waals surface area contributed by atoms with Gasteiger partial charge >= 0.3 is 0 Å². The van der Waals surface area contributed by atoms with Crippen molar-refractivity contribution in [2.45, 2.75) is 19.6 Å². The number of rotatable bonds is 2. The zero-order valence-corrected chi connectivity index (χ0v) is 6.37. The average Bonchev–Trinajstić information content (AvgIpc) is 1.63. The molecule has 0 radical (unpaired) electrons. The van der Waals surface area contributed by atoms with Crippen LogP contribution in [0.2, 0.25) is 0 Å². The maximum absolute atomic E-state index is 8.08. The van der Waals surface area contributed by atoms with Crippen molar-refractivity contribution in [2.75, 3.05) is 0 Å². The molecule has 0 saturated carbocycles. The lowest BCUT2D eigenvalue weighted by Gasteiger charge is -2.03. The lowest BCUT2D eigenvalue weighted by atomic mass is 10.4. The molecule has 3 nitrogen and oxygen atoms in total. The van der Waals surface area contributed by atoms with Gasteiger partial charge in [-0.1, -0.05) is 13.2 Å². The van der Waals surface area contributed by atoms with Crippen molar-refractivity contribution in [3.05, 3.63) is 25.7 Å². The molecule has 0 amide bonds. The quantitative estimate of drug-likeness (QED) is 0.451. The summed E-state index contributed by atoms with van der Waals surface area (Å²) in [6.45, 7) is 9.11. The summed E-state index contributed by atoms with van der Waals surface area (Å²) in [4.78, 5) is 0. The molecule has 0 saturated heterocycles. The van der Waals surface area contributed by atoms with E-state index in [1.54, 1.807) is 0 Å². The Morgan fingerprint density at radius 3 is 1.40 bits per heavy atom. The van der Waals surface area contributed by atoms with Crippen LogP contribution in [0.3, 0.4) is 0 Å². The fourth-order valence-electron chi connectivity index (χ4n) is 0.0680. The van der Waals surface area contributed by atoms with E-state index in [2.05, 4.69) is 17.9 Å². The fourth-order valence-corrected chi connectivity index (χ4v) is 0.0680. The zero-order valence-electron chi connectivity index (χ0n) is 6.37. The van der Waals surface area contributed by atoms with E-state index in [1.165, 1.54) is 26.4 Å². The van der Waals surface area contributed by atoms with Gasteiger partial charge in [-0.25, -0.2) is 0 Å². The van der Waals surface area contributed by atoms with Crippen LogP contribution in [-0.4, -0.2) is 16.0 Å². The summed E-state index contributed by atoms with van der Waals surface area (Å²) in [7, 11) is 0. The third-order valence-corrected chi connectivity index (χ3v) is 0.192. The smallest absolute Gasteiger partial charge is 0.156 e. The van der Waals surface area contributed by atoms with E-state index >= 15 is 0 Å². The van der Waals surface area contributed by atoms with Crippen LogP contribution in [0.4, 0.5) is 0 Å². The standard InChI is InChI=1S/C4H6O.C3H8O2/c1-3-5-4-2;1-3(2,4)5/h3-4H,1-2H2;4-5H,1-2H3. The van der Waals surface area contributed by atoms with E-state index in [0.29, 0.717) is 0 Å². The summed E-state index contributed by atoms with van der Waals surface area (Å²) >= 11 is 0. The maximum atomic E-state index is 8.08. The lowest BCUT2D eigenvalue weighted by Crippen LogP contribution is -2.15. The van der Waals surface area contributed by atoms with Gasteiger partial charge in [0.1, 0.15) is 0 Å². The van der Waals surface area contributed by atoms with Crippen molar-refractivity contribution in [3.63, 3.8) is 0 Å². The van der Waals surface area contributed by atoms with Crippen LogP contribution in [-0.2, 0) is 4.74 Å². The molecule has 0 rings (SSSR count). The highest BCUT2D eigenvalue weighted by molar-refractivity contribution is 4.57. The second-order valence-electron chi connectivity index (χ2n) is 1.96. The molecule has 3 heteroatoms. The minimum Gasteiger partial charge on any atom is -0.474 e. The first-order valence-electron chi connectivity index (χ1n) is 2.74. The highest BCUT2D eigenvalue weighted by atomic mass is 16.5. The molecule has 60 valence electrons. The van der Waals surface area contributed by atoms with Gasteiger partial charge in [-0.3, -0.25) is 0 Å². The van der Waals surface area contributed by atoms with Crippen LogP contribution in [0.5, 0.6) is 0 Å². The van der Waals surface area contributed by atoms with Crippen molar-refractivity contribution >= 4 is 0 Å². The Hall–Kier alpha value is -0.800. The Balaban J connectivity index is 0. The molecular weight excluding hydrogens is 132 g/mol. The Morgan fingerprint density at radius 2 is 1.40 bits per heavy atom. The zero-order chi connectivity index (χ0) is 8.62. The Morgan fingerprint density at radius 1 is 1.20 bits per heavy atom. The molecule has 0 aromatic heterocycles. The van der Waals surface area contributed by atoms with Gasteiger partial charge in [0.15, 0.2) is 5.79 Å². The molecule has 0 atom stereocenters. The van der Waals surface area contributed by atoms with E-state index in [4.69, 9.17) is 10.2 Å². The number of aliphatic hydroxyl groups is 2. The molecule has 0 spiro atoms. The molecule has 0 bridgehead atoms. The van der Waals surface area contributed by atoms with Crippen LogP contribution >= 0.6 is 0 Å². The van der Waals surface area contributed by atoms with E-state index in [0.717, 1.165) is 0 Å². The molecule has 2 N–H and O–H groups in total. The van der Waals surface area contributed by atoms with Crippen LogP contribution in [0.15, 0.2) is 25.7 Å². The van der Waals surface area contributed by atoms with Gasteiger partial charge < -0.3 is 14.9 Å². The van der Waals surface area contributed by atoms with Crippen molar-refractivity contribution < 1.29 is 14.9 Å². The van der Waals surface area contributed by atoms with Crippen molar-refractivity contribution in [1.82, 2.24) is 0 Å². The summed E-state index contributed by atoms with van der Waals surface area (Å²) in [5.41, 5.74) is 0. The summed E-state index contributed by atoms with van der Waals surface area (Å²) in [6, 6.07) is 0. The summed E-state index contributed by atoms with van der Waals surface area (Å²) in [6.07, 6.45) is 2.62. The highest BCUT2D eigenvalue weighted by Crippen LogP contribution is 1.88. The van der Waals surface area contributed by atoms with Crippen molar-refractivity contribution in [1.29, 1.82) is 0 Å². The van der Waals surface area contributed by atoms with E-state index in [9.17, 15) is 0 Å². The van der Waals surface area contributed by atoms with Gasteiger partial charge in [0.05, 0.1) is 12.5 Å². The highest BCUT2D eigenvalue weighted by Gasteiger charge is 2.00. The first-order valence-corrected chi connectivity index (χ1v) is 2.74. The molecule has 0 aliphatic carbocycles. The number of hydrogen-bond donors (Lipinski definition) is 2. The second kappa shape index (κ2) is 6.32. The Kier molecular flexibility index (Phi) is 7.54. The van der Waals surface area contributed by atoms with Gasteiger partial charge in [-0.2, -0.15) is 0 Å². The lowest BCUT2D eigenvalue weighted by molar-refractivity contribution is -0.127. The van der Waals surface area contributed by atoms with Gasteiger partial charge in [0.2, 0.25) is 0 Å². The minimum atomic E-state index is -1.50. The summed E-state index contributed by atoms with van der Waals surface area (Å²) in [5, 5.41) is 16.2. The van der Waals surface area contributed by atoms with Crippen LogP contribution < -0.4 is 0 Å². The van der Waals surface area contributed by atoms with Gasteiger partial charge in [-0.15, -0.1) is 0 Å². The third-order valence-electron chi connectivity index (χ3n) is 0.192. The monoisotopic (exact) mass is 146 g/mol. The molecular formula is C7H14O3. The normalized spacial score (nSPS) is 8.80. The van der Waals surface area contributed by atoms with Gasteiger partial charge in [0.25, 0.3) is 0 Å². The van der Waals surface area contributed by atoms with Gasteiger partial charge in [-0.05, 0) is 13.8 Å². The molecule has 0 aromatic rings. The second-order valence-corrected chi connectivity index (χ2v) is 1.96. The molecule has 0 unspecified atom stereocenters. The predicted molar refractivity (Wildman–Crippen MR) is 40.0 cm³/mol. The molecule has 0 aromatic carbocycles. The molecule has 0 fully saturated rings.